The molecule has 19 heavy (non-hydrogen) atoms. The quantitative estimate of drug-likeness (QED) is 0.885. The van der Waals surface area contributed by atoms with Crippen LogP contribution in [0.5, 0.6) is 0 Å². The van der Waals surface area contributed by atoms with Gasteiger partial charge in [-0.25, -0.2) is 4.98 Å². The van der Waals surface area contributed by atoms with Gasteiger partial charge in [0.05, 0.1) is 11.9 Å². The van der Waals surface area contributed by atoms with Gasteiger partial charge in [-0.3, -0.25) is 9.78 Å². The van der Waals surface area contributed by atoms with Crippen molar-refractivity contribution in [2.24, 2.45) is 5.92 Å². The average Bonchev–Trinajstić information content (AvgIpc) is 2.38. The molecule has 7 heteroatoms. The van der Waals surface area contributed by atoms with Crippen molar-refractivity contribution in [3.05, 3.63) is 23.8 Å². The minimum absolute atomic E-state index is 0. The number of aromatic nitrogens is 2. The van der Waals surface area contributed by atoms with Crippen LogP contribution in [0, 0.1) is 12.8 Å². The molecule has 1 unspecified atom stereocenters. The van der Waals surface area contributed by atoms with Crippen LogP contribution in [-0.2, 0) is 0 Å². The molecule has 0 aromatic carbocycles. The van der Waals surface area contributed by atoms with E-state index in [1.54, 1.807) is 6.20 Å². The number of piperidine rings is 1. The third-order valence-corrected chi connectivity index (χ3v) is 2.96. The minimum Gasteiger partial charge on any atom is -0.350 e. The fourth-order valence-electron chi connectivity index (χ4n) is 1.94. The van der Waals surface area contributed by atoms with Gasteiger partial charge in [0.15, 0.2) is 0 Å². The number of halogens is 2. The second-order valence-electron chi connectivity index (χ2n) is 4.47. The highest BCUT2D eigenvalue weighted by atomic mass is 35.5. The van der Waals surface area contributed by atoms with Crippen LogP contribution in [0.2, 0.25) is 0 Å². The van der Waals surface area contributed by atoms with Crippen molar-refractivity contribution < 1.29 is 4.79 Å². The number of carbonyl (C=O) groups excluding carboxylic acids is 1. The summed E-state index contributed by atoms with van der Waals surface area (Å²) in [5.41, 5.74) is 1.21. The second-order valence-corrected chi connectivity index (χ2v) is 4.47. The van der Waals surface area contributed by atoms with Crippen LogP contribution in [0.4, 0.5) is 0 Å². The number of carbonyl (C=O) groups is 1. The lowest BCUT2D eigenvalue weighted by molar-refractivity contribution is 0.0939. The predicted molar refractivity (Wildman–Crippen MR) is 79.2 cm³/mol. The van der Waals surface area contributed by atoms with Crippen LogP contribution < -0.4 is 10.6 Å². The summed E-state index contributed by atoms with van der Waals surface area (Å²) < 4.78 is 0. The first-order valence-corrected chi connectivity index (χ1v) is 6.03. The normalized spacial score (nSPS) is 17.8. The van der Waals surface area contributed by atoms with Gasteiger partial charge in [0.1, 0.15) is 5.69 Å². The molecule has 108 valence electrons. The van der Waals surface area contributed by atoms with E-state index in [4.69, 9.17) is 0 Å². The summed E-state index contributed by atoms with van der Waals surface area (Å²) >= 11 is 0. The van der Waals surface area contributed by atoms with Gasteiger partial charge in [-0.1, -0.05) is 0 Å². The molecule has 0 bridgehead atoms. The summed E-state index contributed by atoms with van der Waals surface area (Å²) in [4.78, 5) is 19.9. The standard InChI is InChI=1S/C12H18N4O.2ClH/c1-9-5-15-11(8-14-9)12(17)16-7-10-3-2-4-13-6-10;;/h5,8,10,13H,2-4,6-7H2,1H3,(H,16,17);2*1H. The molecule has 2 N–H and O–H groups in total. The highest BCUT2D eigenvalue weighted by Crippen LogP contribution is 2.08. The average molecular weight is 307 g/mol. The molecule has 0 spiro atoms. The highest BCUT2D eigenvalue weighted by molar-refractivity contribution is 5.91. The van der Waals surface area contributed by atoms with Crippen molar-refractivity contribution in [2.75, 3.05) is 19.6 Å². The van der Waals surface area contributed by atoms with Crippen LogP contribution >= 0.6 is 24.8 Å². The maximum absolute atomic E-state index is 11.8. The molecule has 5 nitrogen and oxygen atoms in total. The molecule has 1 aliphatic heterocycles. The Labute approximate surface area is 125 Å². The molecule has 1 aromatic rings. The summed E-state index contributed by atoms with van der Waals surface area (Å²) in [5.74, 6) is 0.397. The molecule has 1 aliphatic rings. The van der Waals surface area contributed by atoms with Crippen LogP contribution in [0.1, 0.15) is 29.0 Å². The highest BCUT2D eigenvalue weighted by Gasteiger charge is 2.14. The number of aryl methyl sites for hydroxylation is 1. The monoisotopic (exact) mass is 306 g/mol. The number of nitrogens with zero attached hydrogens (tertiary/aromatic N) is 2. The fourth-order valence-corrected chi connectivity index (χ4v) is 1.94. The molecule has 0 radical (unpaired) electrons. The Hall–Kier alpha value is -0.910. The lowest BCUT2D eigenvalue weighted by atomic mass is 10.00. The Balaban J connectivity index is 0.00000162. The Kier molecular flexibility index (Phi) is 8.63. The zero-order chi connectivity index (χ0) is 12.1. The number of hydrogen-bond acceptors (Lipinski definition) is 4. The Morgan fingerprint density at radius 1 is 1.42 bits per heavy atom. The SMILES string of the molecule is Cc1cnc(C(=O)NCC2CCCNC2)cn1.Cl.Cl. The minimum atomic E-state index is -0.136. The van der Waals surface area contributed by atoms with E-state index in [9.17, 15) is 4.79 Å². The van der Waals surface area contributed by atoms with E-state index in [1.165, 1.54) is 19.0 Å². The van der Waals surface area contributed by atoms with Crippen molar-refractivity contribution in [3.63, 3.8) is 0 Å². The first kappa shape index (κ1) is 18.1. The van der Waals surface area contributed by atoms with Gasteiger partial charge in [-0.2, -0.15) is 0 Å². The zero-order valence-corrected chi connectivity index (χ0v) is 12.5. The lowest BCUT2D eigenvalue weighted by Crippen LogP contribution is -2.38. The van der Waals surface area contributed by atoms with E-state index >= 15 is 0 Å². The summed E-state index contributed by atoms with van der Waals surface area (Å²) in [7, 11) is 0. The fraction of sp³-hybridized carbons (Fsp3) is 0.583. The molecule has 1 atom stereocenters. The molecule has 1 amide bonds. The van der Waals surface area contributed by atoms with Crippen LogP contribution in [-0.4, -0.2) is 35.5 Å². The molecular weight excluding hydrogens is 287 g/mol. The van der Waals surface area contributed by atoms with Crippen LogP contribution in [0.25, 0.3) is 0 Å². The Morgan fingerprint density at radius 3 is 2.79 bits per heavy atom. The third kappa shape index (κ3) is 5.72. The summed E-state index contributed by atoms with van der Waals surface area (Å²) in [6, 6.07) is 0. The van der Waals surface area contributed by atoms with Crippen molar-refractivity contribution in [2.45, 2.75) is 19.8 Å². The van der Waals surface area contributed by atoms with Crippen LogP contribution in [0.3, 0.4) is 0 Å². The molecular formula is C12H20Cl2N4O. The van der Waals surface area contributed by atoms with Gasteiger partial charge < -0.3 is 10.6 Å². The third-order valence-electron chi connectivity index (χ3n) is 2.96. The number of amides is 1. The first-order valence-electron chi connectivity index (χ1n) is 6.03. The maximum Gasteiger partial charge on any atom is 0.271 e. The van der Waals surface area contributed by atoms with Gasteiger partial charge in [-0.15, -0.1) is 24.8 Å². The molecule has 0 aliphatic carbocycles. The molecule has 1 saturated heterocycles. The van der Waals surface area contributed by atoms with Crippen molar-refractivity contribution in [1.82, 2.24) is 20.6 Å². The van der Waals surface area contributed by atoms with E-state index < -0.39 is 0 Å². The lowest BCUT2D eigenvalue weighted by Gasteiger charge is -2.22. The molecule has 0 saturated carbocycles. The predicted octanol–water partition coefficient (Wildman–Crippen LogP) is 1.36. The summed E-state index contributed by atoms with van der Waals surface area (Å²) in [5, 5.41) is 6.23. The van der Waals surface area contributed by atoms with Gasteiger partial charge >= 0.3 is 0 Å². The Bertz CT molecular complexity index is 380. The summed E-state index contributed by atoms with van der Waals surface area (Å²) in [6.45, 7) is 4.64. The van der Waals surface area contributed by atoms with Gasteiger partial charge in [0.2, 0.25) is 0 Å². The van der Waals surface area contributed by atoms with Crippen molar-refractivity contribution in [1.29, 1.82) is 0 Å². The smallest absolute Gasteiger partial charge is 0.271 e. The zero-order valence-electron chi connectivity index (χ0n) is 10.9. The summed E-state index contributed by atoms with van der Waals surface area (Å²) in [6.07, 6.45) is 5.48. The van der Waals surface area contributed by atoms with Gasteiger partial charge in [-0.05, 0) is 38.8 Å². The van der Waals surface area contributed by atoms with Crippen LogP contribution in [0.15, 0.2) is 12.4 Å². The van der Waals surface area contributed by atoms with E-state index in [1.807, 2.05) is 6.92 Å². The molecule has 1 aromatic heterocycles. The maximum atomic E-state index is 11.8. The largest absolute Gasteiger partial charge is 0.350 e. The second kappa shape index (κ2) is 9.07. The van der Waals surface area contributed by atoms with Crippen molar-refractivity contribution >= 4 is 30.7 Å². The molecule has 2 heterocycles. The number of nitrogens with one attached hydrogen (secondary N) is 2. The number of hydrogen-bond donors (Lipinski definition) is 2. The van der Waals surface area contributed by atoms with E-state index in [0.717, 1.165) is 18.8 Å². The molecule has 1 fully saturated rings. The number of rotatable bonds is 3. The Morgan fingerprint density at radius 2 is 2.21 bits per heavy atom. The topological polar surface area (TPSA) is 66.9 Å². The van der Waals surface area contributed by atoms with E-state index in [2.05, 4.69) is 20.6 Å². The van der Waals surface area contributed by atoms with Gasteiger partial charge in [0.25, 0.3) is 5.91 Å². The van der Waals surface area contributed by atoms with E-state index in [-0.39, 0.29) is 30.7 Å². The molecule has 2 rings (SSSR count). The van der Waals surface area contributed by atoms with Crippen molar-refractivity contribution in [3.8, 4) is 0 Å². The van der Waals surface area contributed by atoms with Gasteiger partial charge in [0, 0.05) is 12.7 Å². The van der Waals surface area contributed by atoms with E-state index in [0.29, 0.717) is 18.2 Å². The first-order chi connectivity index (χ1) is 8.25.